The van der Waals surface area contributed by atoms with E-state index in [1.54, 1.807) is 0 Å². The molecule has 0 aliphatic carbocycles. The van der Waals surface area contributed by atoms with Gasteiger partial charge in [-0.2, -0.15) is 0 Å². The highest BCUT2D eigenvalue weighted by molar-refractivity contribution is 9.10. The van der Waals surface area contributed by atoms with E-state index in [0.717, 1.165) is 22.0 Å². The highest BCUT2D eigenvalue weighted by Gasteiger charge is 2.23. The minimum Gasteiger partial charge on any atom is -0.297 e. The fourth-order valence-electron chi connectivity index (χ4n) is 1.91. The predicted octanol–water partition coefficient (Wildman–Crippen LogP) is 3.35. The summed E-state index contributed by atoms with van der Waals surface area (Å²) in [6, 6.07) is 5.69. The van der Waals surface area contributed by atoms with Gasteiger partial charge in [-0.1, -0.05) is 25.1 Å². The number of hydrogen-bond donors (Lipinski definition) is 0. The first-order valence-corrected chi connectivity index (χ1v) is 9.09. The van der Waals surface area contributed by atoms with E-state index in [-0.39, 0.29) is 5.16 Å². The van der Waals surface area contributed by atoms with Crippen molar-refractivity contribution in [2.45, 2.75) is 32.0 Å². The van der Waals surface area contributed by atoms with Crippen LogP contribution in [0, 0.1) is 6.92 Å². The van der Waals surface area contributed by atoms with Gasteiger partial charge in [-0.05, 0) is 34.8 Å². The van der Waals surface area contributed by atoms with Gasteiger partial charge in [-0.3, -0.25) is 4.57 Å². The summed E-state index contributed by atoms with van der Waals surface area (Å²) in [6.45, 7) is 4.37. The second kappa shape index (κ2) is 5.83. The zero-order chi connectivity index (χ0) is 14.9. The fraction of sp³-hybridized carbons (Fsp3) is 0.333. The van der Waals surface area contributed by atoms with Crippen LogP contribution in [-0.2, 0) is 15.6 Å². The van der Waals surface area contributed by atoms with Gasteiger partial charge >= 0.3 is 0 Å². The molecule has 0 radical (unpaired) electrons. The molecule has 0 bridgehead atoms. The van der Waals surface area contributed by atoms with Crippen molar-refractivity contribution < 1.29 is 8.42 Å². The van der Waals surface area contributed by atoms with E-state index in [9.17, 15) is 8.42 Å². The summed E-state index contributed by atoms with van der Waals surface area (Å²) in [5.74, 6) is 0.488. The fourth-order valence-corrected chi connectivity index (χ4v) is 3.28. The molecule has 20 heavy (non-hydrogen) atoms. The lowest BCUT2D eigenvalue weighted by Crippen LogP contribution is -2.08. The lowest BCUT2D eigenvalue weighted by molar-refractivity contribution is 0.570. The predicted molar refractivity (Wildman–Crippen MR) is 81.2 cm³/mol. The van der Waals surface area contributed by atoms with E-state index in [0.29, 0.717) is 12.4 Å². The Hall–Kier alpha value is -0.920. The smallest absolute Gasteiger partial charge is 0.296 e. The van der Waals surface area contributed by atoms with Gasteiger partial charge in [-0.25, -0.2) is 8.42 Å². The minimum atomic E-state index is -3.92. The van der Waals surface area contributed by atoms with Crippen LogP contribution >= 0.6 is 26.6 Å². The normalized spacial score (nSPS) is 11.8. The first-order valence-electron chi connectivity index (χ1n) is 5.99. The highest BCUT2D eigenvalue weighted by atomic mass is 79.9. The van der Waals surface area contributed by atoms with Gasteiger partial charge in [-0.15, -0.1) is 10.2 Å². The highest BCUT2D eigenvalue weighted by Crippen LogP contribution is 2.31. The summed E-state index contributed by atoms with van der Waals surface area (Å²) in [4.78, 5) is 0. The maximum atomic E-state index is 11.6. The SMILES string of the molecule is CCCn1c(-c2cccc(C)c2Br)nnc1S(=O)(=O)Cl. The molecular weight excluding hydrogens is 366 g/mol. The number of rotatable bonds is 4. The van der Waals surface area contributed by atoms with E-state index < -0.39 is 9.05 Å². The molecule has 0 aliphatic rings. The van der Waals surface area contributed by atoms with Crippen LogP contribution in [0.1, 0.15) is 18.9 Å². The molecule has 0 aliphatic heterocycles. The summed E-state index contributed by atoms with van der Waals surface area (Å²) in [7, 11) is 1.49. The number of aryl methyl sites for hydroxylation is 1. The topological polar surface area (TPSA) is 64.8 Å². The number of benzene rings is 1. The average molecular weight is 379 g/mol. The summed E-state index contributed by atoms with van der Waals surface area (Å²) < 4.78 is 25.5. The zero-order valence-corrected chi connectivity index (χ0v) is 14.1. The molecule has 8 heteroatoms. The van der Waals surface area contributed by atoms with Crippen molar-refractivity contribution >= 4 is 35.7 Å². The van der Waals surface area contributed by atoms with Gasteiger partial charge in [0.05, 0.1) is 0 Å². The molecular formula is C12H13BrClN3O2S. The Bertz CT molecular complexity index is 743. The van der Waals surface area contributed by atoms with Crippen LogP contribution in [0.3, 0.4) is 0 Å². The van der Waals surface area contributed by atoms with Gasteiger partial charge in [0.15, 0.2) is 5.82 Å². The van der Waals surface area contributed by atoms with Crippen molar-refractivity contribution in [2.75, 3.05) is 0 Å². The molecule has 0 saturated carbocycles. The van der Waals surface area contributed by atoms with E-state index in [1.165, 1.54) is 4.57 Å². The molecule has 0 N–H and O–H groups in total. The molecule has 0 atom stereocenters. The first kappa shape index (κ1) is 15.5. The molecule has 1 heterocycles. The summed E-state index contributed by atoms with van der Waals surface area (Å²) in [5.41, 5.74) is 1.82. The molecule has 0 unspecified atom stereocenters. The molecule has 1 aromatic carbocycles. The third kappa shape index (κ3) is 2.89. The second-order valence-corrected chi connectivity index (χ2v) is 7.58. The van der Waals surface area contributed by atoms with Crippen LogP contribution in [0.4, 0.5) is 0 Å². The van der Waals surface area contributed by atoms with Crippen molar-refractivity contribution in [3.63, 3.8) is 0 Å². The molecule has 108 valence electrons. The van der Waals surface area contributed by atoms with Crippen molar-refractivity contribution in [1.82, 2.24) is 14.8 Å². The van der Waals surface area contributed by atoms with Crippen LogP contribution in [0.2, 0.25) is 0 Å². The van der Waals surface area contributed by atoms with E-state index in [2.05, 4.69) is 26.1 Å². The Kier molecular flexibility index (Phi) is 4.51. The molecule has 2 rings (SSSR count). The number of halogens is 2. The van der Waals surface area contributed by atoms with Crippen molar-refractivity contribution in [1.29, 1.82) is 0 Å². The molecule has 0 saturated heterocycles. The van der Waals surface area contributed by atoms with E-state index in [4.69, 9.17) is 10.7 Å². The van der Waals surface area contributed by atoms with Crippen LogP contribution in [0.25, 0.3) is 11.4 Å². The van der Waals surface area contributed by atoms with Crippen LogP contribution in [0.5, 0.6) is 0 Å². The average Bonchev–Trinajstić information content (AvgIpc) is 2.77. The third-order valence-electron chi connectivity index (χ3n) is 2.81. The summed E-state index contributed by atoms with van der Waals surface area (Å²) in [5, 5.41) is 7.50. The lowest BCUT2D eigenvalue weighted by Gasteiger charge is -2.10. The quantitative estimate of drug-likeness (QED) is 0.765. The third-order valence-corrected chi connectivity index (χ3v) is 5.02. The Labute approximate surface area is 130 Å². The Morgan fingerprint density at radius 2 is 2.05 bits per heavy atom. The van der Waals surface area contributed by atoms with Crippen molar-refractivity contribution in [3.05, 3.63) is 28.2 Å². The van der Waals surface area contributed by atoms with Gasteiger partial charge < -0.3 is 0 Å². The Morgan fingerprint density at radius 3 is 2.65 bits per heavy atom. The molecule has 1 aromatic heterocycles. The van der Waals surface area contributed by atoms with E-state index in [1.807, 2.05) is 32.0 Å². The lowest BCUT2D eigenvalue weighted by atomic mass is 10.1. The van der Waals surface area contributed by atoms with Gasteiger partial charge in [0.1, 0.15) is 0 Å². The maximum Gasteiger partial charge on any atom is 0.296 e. The number of hydrogen-bond acceptors (Lipinski definition) is 4. The van der Waals surface area contributed by atoms with Gasteiger partial charge in [0, 0.05) is 27.3 Å². The van der Waals surface area contributed by atoms with Crippen LogP contribution in [0.15, 0.2) is 27.8 Å². The summed E-state index contributed by atoms with van der Waals surface area (Å²) in [6.07, 6.45) is 0.744. The number of aromatic nitrogens is 3. The standard InChI is InChI=1S/C12H13BrClN3O2S/c1-3-7-17-11(15-16-12(17)20(14,18)19)9-6-4-5-8(2)10(9)13/h4-6H,3,7H2,1-2H3. The molecule has 0 amide bonds. The molecule has 0 fully saturated rings. The maximum absolute atomic E-state index is 11.6. The van der Waals surface area contributed by atoms with Crippen LogP contribution < -0.4 is 0 Å². The Balaban J connectivity index is 2.69. The van der Waals surface area contributed by atoms with Crippen LogP contribution in [-0.4, -0.2) is 23.2 Å². The molecule has 2 aromatic rings. The summed E-state index contributed by atoms with van der Waals surface area (Å²) >= 11 is 3.50. The second-order valence-electron chi connectivity index (χ2n) is 4.33. The number of nitrogens with zero attached hydrogens (tertiary/aromatic N) is 3. The Morgan fingerprint density at radius 1 is 1.35 bits per heavy atom. The largest absolute Gasteiger partial charge is 0.297 e. The first-order chi connectivity index (χ1) is 9.36. The zero-order valence-electron chi connectivity index (χ0n) is 11.0. The van der Waals surface area contributed by atoms with Crippen molar-refractivity contribution in [2.24, 2.45) is 0 Å². The molecule has 0 spiro atoms. The van der Waals surface area contributed by atoms with Crippen molar-refractivity contribution in [3.8, 4) is 11.4 Å². The van der Waals surface area contributed by atoms with Gasteiger partial charge in [0.2, 0.25) is 0 Å². The molecule has 5 nitrogen and oxygen atoms in total. The monoisotopic (exact) mass is 377 g/mol. The minimum absolute atomic E-state index is 0.218. The van der Waals surface area contributed by atoms with Gasteiger partial charge in [0.25, 0.3) is 14.2 Å². The van der Waals surface area contributed by atoms with E-state index >= 15 is 0 Å².